The molecular weight excluding hydrogens is 565 g/mol. The smallest absolute Gasteiger partial charge is 0.232 e. The van der Waals surface area contributed by atoms with Crippen molar-refractivity contribution in [3.63, 3.8) is 0 Å². The van der Waals surface area contributed by atoms with E-state index < -0.39 is 65.9 Å². The van der Waals surface area contributed by atoms with E-state index in [4.69, 9.17) is 17.3 Å². The lowest BCUT2D eigenvalue weighted by atomic mass is 9.76. The number of rotatable bonds is 1. The van der Waals surface area contributed by atoms with Crippen LogP contribution in [0.1, 0.15) is 17.9 Å². The molecule has 0 spiro atoms. The van der Waals surface area contributed by atoms with Crippen LogP contribution in [0.4, 0.5) is 24.0 Å². The summed E-state index contributed by atoms with van der Waals surface area (Å²) in [5.41, 5.74) is 4.54. The summed E-state index contributed by atoms with van der Waals surface area (Å²) >= 11 is 7.24. The average Bonchev–Trinajstić information content (AvgIpc) is 3.26. The number of nitrogens with zero attached hydrogens (tertiary/aromatic N) is 4. The highest BCUT2D eigenvalue weighted by Gasteiger charge is 2.48. The van der Waals surface area contributed by atoms with Crippen LogP contribution in [0.3, 0.4) is 0 Å². The maximum Gasteiger partial charge on any atom is 0.232 e. The Morgan fingerprint density at radius 3 is 2.66 bits per heavy atom. The lowest BCUT2D eigenvalue weighted by molar-refractivity contribution is -0.124. The number of hydrogen-bond acceptors (Lipinski definition) is 9. The van der Waals surface area contributed by atoms with Crippen LogP contribution in [-0.2, 0) is 14.6 Å². The van der Waals surface area contributed by atoms with E-state index in [2.05, 4.69) is 20.3 Å². The van der Waals surface area contributed by atoms with Crippen molar-refractivity contribution in [3.8, 4) is 11.1 Å². The minimum absolute atomic E-state index is 0.00180. The van der Waals surface area contributed by atoms with Gasteiger partial charge in [-0.05, 0) is 13.0 Å². The zero-order chi connectivity index (χ0) is 26.7. The van der Waals surface area contributed by atoms with Crippen LogP contribution in [-0.4, -0.2) is 54.7 Å². The number of thiazole rings is 1. The van der Waals surface area contributed by atoms with Gasteiger partial charge in [0.1, 0.15) is 22.3 Å². The second-order valence-corrected chi connectivity index (χ2v) is 12.8. The number of carbonyl (C=O) groups is 1. The van der Waals surface area contributed by atoms with E-state index in [0.29, 0.717) is 31.1 Å². The van der Waals surface area contributed by atoms with Crippen LogP contribution in [0.25, 0.3) is 32.4 Å². The molecule has 3 aliphatic heterocycles. The van der Waals surface area contributed by atoms with Gasteiger partial charge in [-0.3, -0.25) is 4.79 Å². The zero-order valence-corrected chi connectivity index (χ0v) is 21.6. The second kappa shape index (κ2) is 7.97. The van der Waals surface area contributed by atoms with E-state index in [1.165, 1.54) is 4.90 Å². The minimum Gasteiger partial charge on any atom is -0.375 e. The number of pyridine rings is 2. The topological polar surface area (TPSA) is 131 Å². The number of aromatic nitrogens is 3. The SMILES string of the molecule is Nc1nc2c(-c3c(Cl)nc4c5c6c(nc4c3F)S(=O)(=O)CCN6C(=O)[C@H]3CNCCC53)c(F)cc(F)c2s1. The van der Waals surface area contributed by atoms with Crippen LogP contribution >= 0.6 is 22.9 Å². The molecule has 1 unspecified atom stereocenters. The maximum absolute atomic E-state index is 16.4. The van der Waals surface area contributed by atoms with Crippen LogP contribution < -0.4 is 16.0 Å². The summed E-state index contributed by atoms with van der Waals surface area (Å²) in [4.78, 5) is 27.2. The number of anilines is 2. The number of nitrogens with one attached hydrogen (secondary N) is 1. The van der Waals surface area contributed by atoms with E-state index >= 15 is 8.78 Å². The number of hydrogen-bond donors (Lipinski definition) is 2. The molecule has 0 radical (unpaired) electrons. The second-order valence-electron chi connectivity index (χ2n) is 9.43. The van der Waals surface area contributed by atoms with Gasteiger partial charge in [-0.25, -0.2) is 36.5 Å². The van der Waals surface area contributed by atoms with Crippen molar-refractivity contribution in [2.45, 2.75) is 17.4 Å². The number of nitrogen functional groups attached to an aromatic ring is 1. The van der Waals surface area contributed by atoms with E-state index in [9.17, 15) is 17.6 Å². The van der Waals surface area contributed by atoms with E-state index in [1.807, 2.05) is 0 Å². The largest absolute Gasteiger partial charge is 0.375 e. The molecule has 6 heterocycles. The predicted octanol–water partition coefficient (Wildman–Crippen LogP) is 3.39. The lowest BCUT2D eigenvalue weighted by Gasteiger charge is -2.44. The molecule has 0 bridgehead atoms. The van der Waals surface area contributed by atoms with Gasteiger partial charge in [0.15, 0.2) is 25.8 Å². The quantitative estimate of drug-likeness (QED) is 0.328. The molecule has 2 atom stereocenters. The van der Waals surface area contributed by atoms with Gasteiger partial charge in [0.25, 0.3) is 0 Å². The van der Waals surface area contributed by atoms with Crippen LogP contribution in [0.5, 0.6) is 0 Å². The van der Waals surface area contributed by atoms with Crippen molar-refractivity contribution in [2.24, 2.45) is 5.92 Å². The first-order chi connectivity index (χ1) is 18.1. The number of carbonyl (C=O) groups excluding carboxylic acids is 1. The summed E-state index contributed by atoms with van der Waals surface area (Å²) in [6.07, 6.45) is 0.476. The summed E-state index contributed by atoms with van der Waals surface area (Å²) in [5, 5.41) is 2.24. The molecular formula is C23H16ClF3N6O3S2. The summed E-state index contributed by atoms with van der Waals surface area (Å²) < 4.78 is 72.1. The molecule has 9 nitrogen and oxygen atoms in total. The Morgan fingerprint density at radius 1 is 1.08 bits per heavy atom. The fourth-order valence-electron chi connectivity index (χ4n) is 5.81. The van der Waals surface area contributed by atoms with Crippen LogP contribution in [0.2, 0.25) is 5.15 Å². The van der Waals surface area contributed by atoms with Gasteiger partial charge in [-0.15, -0.1) is 0 Å². The van der Waals surface area contributed by atoms with Crippen molar-refractivity contribution in [1.29, 1.82) is 0 Å². The van der Waals surface area contributed by atoms with Crippen molar-refractivity contribution < 1.29 is 26.4 Å². The summed E-state index contributed by atoms with van der Waals surface area (Å²) in [6, 6.07) is 0.576. The number of benzene rings is 1. The molecule has 1 aromatic carbocycles. The van der Waals surface area contributed by atoms with E-state index in [0.717, 1.165) is 11.3 Å². The Balaban J connectivity index is 1.61. The monoisotopic (exact) mass is 580 g/mol. The van der Waals surface area contributed by atoms with Crippen LogP contribution in [0, 0.1) is 23.4 Å². The first-order valence-electron chi connectivity index (χ1n) is 11.6. The van der Waals surface area contributed by atoms with Gasteiger partial charge in [-0.2, -0.15) is 0 Å². The van der Waals surface area contributed by atoms with Gasteiger partial charge < -0.3 is 16.0 Å². The van der Waals surface area contributed by atoms with Crippen LogP contribution in [0.15, 0.2) is 11.1 Å². The number of piperidine rings is 1. The van der Waals surface area contributed by atoms with Crippen molar-refractivity contribution >= 4 is 70.8 Å². The predicted molar refractivity (Wildman–Crippen MR) is 136 cm³/mol. The third-order valence-electron chi connectivity index (χ3n) is 7.42. The Bertz CT molecular complexity index is 1870. The third kappa shape index (κ3) is 3.11. The number of sulfone groups is 1. The van der Waals surface area contributed by atoms with Crippen molar-refractivity contribution in [3.05, 3.63) is 34.2 Å². The Kier molecular flexibility index (Phi) is 5.04. The highest BCUT2D eigenvalue weighted by Crippen LogP contribution is 2.51. The van der Waals surface area contributed by atoms with Gasteiger partial charge in [0.2, 0.25) is 5.91 Å². The molecule has 1 fully saturated rings. The minimum atomic E-state index is -3.97. The Morgan fingerprint density at radius 2 is 1.87 bits per heavy atom. The average molecular weight is 581 g/mol. The molecule has 1 saturated heterocycles. The molecule has 3 aliphatic rings. The zero-order valence-electron chi connectivity index (χ0n) is 19.2. The fourth-order valence-corrected chi connectivity index (χ4v) is 8.18. The molecule has 7 rings (SSSR count). The number of nitrogens with two attached hydrogens (primary N) is 1. The van der Waals surface area contributed by atoms with E-state index in [1.54, 1.807) is 0 Å². The summed E-state index contributed by atoms with van der Waals surface area (Å²) in [5.74, 6) is -4.77. The first-order valence-corrected chi connectivity index (χ1v) is 14.4. The molecule has 4 aromatic rings. The van der Waals surface area contributed by atoms with Gasteiger partial charge in [-0.1, -0.05) is 22.9 Å². The third-order valence-corrected chi connectivity index (χ3v) is 10.2. The fraction of sp³-hybridized carbons (Fsp3) is 0.304. The summed E-state index contributed by atoms with van der Waals surface area (Å²) in [7, 11) is -3.97. The normalized spacial score (nSPS) is 22.1. The molecule has 38 heavy (non-hydrogen) atoms. The number of amides is 1. The maximum atomic E-state index is 16.4. The number of fused-ring (bicyclic) bond motifs is 5. The van der Waals surface area contributed by atoms with Gasteiger partial charge in [0, 0.05) is 30.6 Å². The molecule has 0 saturated carbocycles. The van der Waals surface area contributed by atoms with Crippen molar-refractivity contribution in [2.75, 3.05) is 36.0 Å². The highest BCUT2D eigenvalue weighted by molar-refractivity contribution is 7.91. The van der Waals surface area contributed by atoms with E-state index in [-0.39, 0.29) is 44.8 Å². The Hall–Kier alpha value is -3.07. The summed E-state index contributed by atoms with van der Waals surface area (Å²) in [6.45, 7) is 0.859. The van der Waals surface area contributed by atoms with Crippen molar-refractivity contribution in [1.82, 2.24) is 20.3 Å². The molecule has 3 N–H and O–H groups in total. The molecule has 196 valence electrons. The molecule has 0 aliphatic carbocycles. The Labute approximate surface area is 221 Å². The standard InChI is InChI=1S/C23H16ClF3N6O3S2/c24-20-13(12-9(25)5-10(26)19-16(12)32-23(28)37-19)14(27)17-15(30-20)11-7-1-2-29-6-8(7)22(34)33-3-4-38(35,36)21(31-17)18(11)33/h5,7-8,29H,1-4,6H2,(H2,28,32)/t7?,8-/m0/s1. The molecule has 15 heteroatoms. The highest BCUT2D eigenvalue weighted by atomic mass is 35.5. The van der Waals surface area contributed by atoms with Gasteiger partial charge >= 0.3 is 0 Å². The lowest BCUT2D eigenvalue weighted by Crippen LogP contribution is -2.53. The molecule has 1 amide bonds. The number of halogens is 4. The first kappa shape index (κ1) is 24.0. The van der Waals surface area contributed by atoms with Gasteiger partial charge in [0.05, 0.1) is 44.2 Å². The molecule has 3 aromatic heterocycles.